The predicted octanol–water partition coefficient (Wildman–Crippen LogP) is 2.11. The van der Waals surface area contributed by atoms with E-state index in [0.717, 1.165) is 0 Å². The molecule has 168 valence electrons. The average Bonchev–Trinajstić information content (AvgIpc) is 3.09. The third-order valence-electron chi connectivity index (χ3n) is 5.89. The number of para-hydroxylation sites is 1. The lowest BCUT2D eigenvalue weighted by Crippen LogP contribution is -2.52. The SMILES string of the molecule is Cc1ccc2cccc(S(=O)(=O)Nc3ccc4c(c3)C(=O)N(C3CCC(=O)NC3=O)C4)c2n1. The Morgan fingerprint density at radius 1 is 1.09 bits per heavy atom. The Bertz CT molecular complexity index is 1450. The van der Waals surface area contributed by atoms with Crippen molar-refractivity contribution in [3.8, 4) is 0 Å². The number of nitrogens with zero attached hydrogens (tertiary/aromatic N) is 2. The van der Waals surface area contributed by atoms with Crippen LogP contribution in [0.5, 0.6) is 0 Å². The number of aromatic nitrogens is 1. The van der Waals surface area contributed by atoms with Crippen LogP contribution < -0.4 is 10.0 Å². The molecule has 2 N–H and O–H groups in total. The molecule has 10 heteroatoms. The van der Waals surface area contributed by atoms with Crippen LogP contribution in [0.1, 0.15) is 34.5 Å². The number of sulfonamides is 1. The Labute approximate surface area is 189 Å². The second-order valence-corrected chi connectivity index (χ2v) is 9.81. The molecule has 3 aromatic rings. The van der Waals surface area contributed by atoms with Gasteiger partial charge in [-0.05, 0) is 43.2 Å². The lowest BCUT2D eigenvalue weighted by atomic mass is 10.0. The number of aryl methyl sites for hydroxylation is 1. The Hall–Kier alpha value is -3.79. The first kappa shape index (κ1) is 21.1. The fourth-order valence-corrected chi connectivity index (χ4v) is 5.49. The van der Waals surface area contributed by atoms with Crippen molar-refractivity contribution in [3.05, 3.63) is 65.4 Å². The fraction of sp³-hybridized carbons (Fsp3) is 0.217. The molecular formula is C23H20N4O5S. The van der Waals surface area contributed by atoms with E-state index in [4.69, 9.17) is 0 Å². The minimum Gasteiger partial charge on any atom is -0.322 e. The Morgan fingerprint density at radius 2 is 1.91 bits per heavy atom. The smallest absolute Gasteiger partial charge is 0.264 e. The Balaban J connectivity index is 1.43. The van der Waals surface area contributed by atoms with E-state index >= 15 is 0 Å². The number of hydrogen-bond donors (Lipinski definition) is 2. The maximum atomic E-state index is 13.2. The van der Waals surface area contributed by atoms with E-state index in [2.05, 4.69) is 15.0 Å². The number of carbonyl (C=O) groups is 3. The first-order chi connectivity index (χ1) is 15.7. The summed E-state index contributed by atoms with van der Waals surface area (Å²) in [6.07, 6.45) is 0.428. The van der Waals surface area contributed by atoms with E-state index in [1.54, 1.807) is 31.2 Å². The largest absolute Gasteiger partial charge is 0.322 e. The van der Waals surface area contributed by atoms with Crippen LogP contribution in [0.2, 0.25) is 0 Å². The van der Waals surface area contributed by atoms with Gasteiger partial charge in [-0.3, -0.25) is 29.4 Å². The minimum atomic E-state index is -3.98. The van der Waals surface area contributed by atoms with Crippen molar-refractivity contribution >= 4 is 44.3 Å². The van der Waals surface area contributed by atoms with Gasteiger partial charge >= 0.3 is 0 Å². The van der Waals surface area contributed by atoms with Crippen LogP contribution >= 0.6 is 0 Å². The molecule has 33 heavy (non-hydrogen) atoms. The summed E-state index contributed by atoms with van der Waals surface area (Å²) in [5, 5.41) is 2.96. The monoisotopic (exact) mass is 464 g/mol. The molecule has 0 bridgehead atoms. The zero-order chi connectivity index (χ0) is 23.3. The minimum absolute atomic E-state index is 0.0423. The molecule has 3 amide bonds. The highest BCUT2D eigenvalue weighted by atomic mass is 32.2. The number of hydrogen-bond acceptors (Lipinski definition) is 6. The van der Waals surface area contributed by atoms with E-state index in [0.29, 0.717) is 27.7 Å². The number of pyridine rings is 1. The molecular weight excluding hydrogens is 444 g/mol. The predicted molar refractivity (Wildman–Crippen MR) is 120 cm³/mol. The summed E-state index contributed by atoms with van der Waals surface area (Å²) in [5.41, 5.74) is 2.31. The fourth-order valence-electron chi connectivity index (χ4n) is 4.26. The van der Waals surface area contributed by atoms with E-state index < -0.39 is 22.0 Å². The van der Waals surface area contributed by atoms with Crippen molar-refractivity contribution in [1.29, 1.82) is 0 Å². The zero-order valence-electron chi connectivity index (χ0n) is 17.7. The van der Waals surface area contributed by atoms with Crippen LogP contribution in [0.15, 0.2) is 53.4 Å². The number of anilines is 1. The molecule has 1 atom stereocenters. The summed E-state index contributed by atoms with van der Waals surface area (Å²) < 4.78 is 28.9. The van der Waals surface area contributed by atoms with Crippen LogP contribution in [0.25, 0.3) is 10.9 Å². The maximum absolute atomic E-state index is 13.2. The molecule has 1 fully saturated rings. The normalized spacial score (nSPS) is 18.4. The molecule has 1 aromatic heterocycles. The van der Waals surface area contributed by atoms with Gasteiger partial charge in [-0.25, -0.2) is 8.42 Å². The number of benzene rings is 2. The highest BCUT2D eigenvalue weighted by Gasteiger charge is 2.39. The van der Waals surface area contributed by atoms with Crippen LogP contribution in [0.3, 0.4) is 0 Å². The van der Waals surface area contributed by atoms with Crippen LogP contribution in [-0.4, -0.2) is 42.1 Å². The van der Waals surface area contributed by atoms with Gasteiger partial charge in [0.05, 0.1) is 5.52 Å². The van der Waals surface area contributed by atoms with Gasteiger partial charge in [0.1, 0.15) is 10.9 Å². The lowest BCUT2D eigenvalue weighted by Gasteiger charge is -2.29. The van der Waals surface area contributed by atoms with Gasteiger partial charge in [-0.15, -0.1) is 0 Å². The van der Waals surface area contributed by atoms with Gasteiger partial charge in [0.15, 0.2) is 0 Å². The number of piperidine rings is 1. The molecule has 2 aliphatic rings. The molecule has 5 rings (SSSR count). The van der Waals surface area contributed by atoms with Gasteiger partial charge in [0.25, 0.3) is 15.9 Å². The van der Waals surface area contributed by atoms with Crippen molar-refractivity contribution in [2.75, 3.05) is 4.72 Å². The van der Waals surface area contributed by atoms with Gasteiger partial charge in [-0.1, -0.05) is 24.3 Å². The average molecular weight is 465 g/mol. The molecule has 1 unspecified atom stereocenters. The maximum Gasteiger partial charge on any atom is 0.264 e. The van der Waals surface area contributed by atoms with Crippen molar-refractivity contribution in [2.24, 2.45) is 0 Å². The van der Waals surface area contributed by atoms with E-state index in [1.165, 1.54) is 17.0 Å². The molecule has 0 aliphatic carbocycles. The first-order valence-electron chi connectivity index (χ1n) is 10.4. The summed E-state index contributed by atoms with van der Waals surface area (Å²) in [6, 6.07) is 12.6. The van der Waals surface area contributed by atoms with Gasteiger partial charge < -0.3 is 4.90 Å². The van der Waals surface area contributed by atoms with E-state index in [-0.39, 0.29) is 41.8 Å². The third-order valence-corrected chi connectivity index (χ3v) is 7.31. The van der Waals surface area contributed by atoms with E-state index in [9.17, 15) is 22.8 Å². The quantitative estimate of drug-likeness (QED) is 0.570. The molecule has 1 saturated heterocycles. The van der Waals surface area contributed by atoms with Gasteiger partial charge in [0.2, 0.25) is 11.8 Å². The number of amides is 3. The summed E-state index contributed by atoms with van der Waals surface area (Å²) in [6.45, 7) is 2.01. The second kappa shape index (κ2) is 7.66. The Morgan fingerprint density at radius 3 is 2.70 bits per heavy atom. The lowest BCUT2D eigenvalue weighted by molar-refractivity contribution is -0.136. The summed E-state index contributed by atoms with van der Waals surface area (Å²) in [4.78, 5) is 42.5. The van der Waals surface area contributed by atoms with Crippen molar-refractivity contribution < 1.29 is 22.8 Å². The number of fused-ring (bicyclic) bond motifs is 2. The van der Waals surface area contributed by atoms with Crippen molar-refractivity contribution in [3.63, 3.8) is 0 Å². The van der Waals surface area contributed by atoms with E-state index in [1.807, 2.05) is 12.1 Å². The summed E-state index contributed by atoms with van der Waals surface area (Å²) >= 11 is 0. The molecule has 2 aliphatic heterocycles. The molecule has 0 saturated carbocycles. The molecule has 0 radical (unpaired) electrons. The molecule has 9 nitrogen and oxygen atoms in total. The topological polar surface area (TPSA) is 126 Å². The summed E-state index contributed by atoms with van der Waals surface area (Å²) in [7, 11) is -3.98. The Kier molecular flexibility index (Phi) is 4.89. The highest BCUT2D eigenvalue weighted by molar-refractivity contribution is 7.93. The number of carbonyl (C=O) groups excluding carboxylic acids is 3. The molecule has 2 aromatic carbocycles. The number of imide groups is 1. The number of rotatable bonds is 4. The molecule has 0 spiro atoms. The second-order valence-electron chi connectivity index (χ2n) is 8.16. The standard InChI is InChI=1S/C23H20N4O5S/c1-13-5-6-14-3-2-4-19(21(14)24-13)33(31,32)26-16-8-7-15-12-27(23(30)17(15)11-16)18-9-10-20(28)25-22(18)29/h2-8,11,18,26H,9-10,12H2,1H3,(H,25,28,29). The third kappa shape index (κ3) is 3.72. The zero-order valence-corrected chi connectivity index (χ0v) is 18.5. The van der Waals surface area contributed by atoms with Crippen LogP contribution in [0.4, 0.5) is 5.69 Å². The number of nitrogens with one attached hydrogen (secondary N) is 2. The van der Waals surface area contributed by atoms with Crippen molar-refractivity contribution in [2.45, 2.75) is 37.2 Å². The van der Waals surface area contributed by atoms with Crippen LogP contribution in [-0.2, 0) is 26.2 Å². The summed E-state index contributed by atoms with van der Waals surface area (Å²) in [5.74, 6) is -1.22. The van der Waals surface area contributed by atoms with Gasteiger partial charge in [0, 0.05) is 35.3 Å². The van der Waals surface area contributed by atoms with Crippen LogP contribution in [0, 0.1) is 6.92 Å². The van der Waals surface area contributed by atoms with Crippen molar-refractivity contribution in [1.82, 2.24) is 15.2 Å². The highest BCUT2D eigenvalue weighted by Crippen LogP contribution is 2.31. The molecule has 3 heterocycles. The first-order valence-corrected chi connectivity index (χ1v) is 11.9. The van der Waals surface area contributed by atoms with Gasteiger partial charge in [-0.2, -0.15) is 0 Å².